The van der Waals surface area contributed by atoms with E-state index in [-0.39, 0.29) is 32.5 Å². The molecule has 16 nitrogen and oxygen atoms in total. The number of unbranched alkanes of at least 4 members (excludes halogenated alkanes) is 1. The Morgan fingerprint density at radius 1 is 1.00 bits per heavy atom. The van der Waals surface area contributed by atoms with Gasteiger partial charge in [0.25, 0.3) is 5.91 Å². The van der Waals surface area contributed by atoms with Crippen molar-refractivity contribution in [2.75, 3.05) is 39.5 Å². The van der Waals surface area contributed by atoms with E-state index >= 15 is 0 Å². The van der Waals surface area contributed by atoms with Crippen molar-refractivity contribution in [3.63, 3.8) is 0 Å². The molecule has 2 heterocycles. The Kier molecular flexibility index (Phi) is 16.3. The first-order valence-electron chi connectivity index (χ1n) is 19.5. The first kappa shape index (κ1) is 46.9. The zero-order chi connectivity index (χ0) is 42.9. The summed E-state index contributed by atoms with van der Waals surface area (Å²) in [5, 5.41) is 10.8. The summed E-state index contributed by atoms with van der Waals surface area (Å²) in [6.07, 6.45) is 2.90. The smallest absolute Gasteiger partial charge is 0.410 e. The molecule has 6 amide bonds. The Balaban J connectivity index is 1.92. The molecule has 0 aromatic heterocycles. The van der Waals surface area contributed by atoms with Crippen LogP contribution in [-0.2, 0) is 46.9 Å². The van der Waals surface area contributed by atoms with Crippen LogP contribution in [0, 0.1) is 10.8 Å². The molecule has 5 unspecified atom stereocenters. The van der Waals surface area contributed by atoms with Gasteiger partial charge in [0.05, 0.1) is 18.8 Å². The lowest BCUT2D eigenvalue weighted by Crippen LogP contribution is -2.62. The van der Waals surface area contributed by atoms with Gasteiger partial charge in [0, 0.05) is 45.7 Å². The number of nitrogens with one attached hydrogen (secondary N) is 4. The predicted octanol–water partition coefficient (Wildman–Crippen LogP) is 2.72. The van der Waals surface area contributed by atoms with Gasteiger partial charge in [-0.1, -0.05) is 91.6 Å². The molecule has 3 rings (SSSR count). The topological polar surface area (TPSA) is 204 Å². The number of rotatable bonds is 16. The molecule has 0 bridgehead atoms. The summed E-state index contributed by atoms with van der Waals surface area (Å²) < 4.78 is 31.5. The lowest BCUT2D eigenvalue weighted by molar-refractivity contribution is -0.143. The lowest BCUT2D eigenvalue weighted by Gasteiger charge is -2.37. The molecular formula is C40H63N7O9S. The third-order valence-electron chi connectivity index (χ3n) is 10.4. The molecule has 57 heavy (non-hydrogen) atoms. The van der Waals surface area contributed by atoms with Crippen molar-refractivity contribution in [3.05, 3.63) is 48.0 Å². The Hall–Kier alpha value is -4.51. The molecule has 2 aliphatic rings. The second-order valence-electron chi connectivity index (χ2n) is 17.1. The molecule has 17 heteroatoms. The standard InChI is InChI=1S/C40H63N7O9S/c1-11-13-18-29(32(48)35(50)41-20-12-2)42-34(49)30-22-28(56-38(53)46-21-19-26-16-14-15-17-27(26)23-46)24-47(30)36(51)33(40(6,7)8)44-37(52)43-31(39(3,4)5)25-45(9)57(10,54)55/h12,14-17,28-31,33H,2,11,13,18-25H2,1,3-10H3,(H,41,50)(H,42,49)(H2,43,44,52). The van der Waals surface area contributed by atoms with Crippen molar-refractivity contribution in [1.82, 2.24) is 35.4 Å². The van der Waals surface area contributed by atoms with Crippen LogP contribution in [0.15, 0.2) is 36.9 Å². The van der Waals surface area contributed by atoms with E-state index in [9.17, 15) is 37.2 Å². The zero-order valence-electron chi connectivity index (χ0n) is 35.0. The molecular weight excluding hydrogens is 755 g/mol. The van der Waals surface area contributed by atoms with E-state index in [1.807, 2.05) is 52.0 Å². The van der Waals surface area contributed by atoms with Crippen LogP contribution in [0.2, 0.25) is 0 Å². The van der Waals surface area contributed by atoms with Crippen molar-refractivity contribution in [2.45, 2.75) is 117 Å². The van der Waals surface area contributed by atoms with E-state index in [0.29, 0.717) is 32.4 Å². The summed E-state index contributed by atoms with van der Waals surface area (Å²) in [5.41, 5.74) is 0.643. The highest BCUT2D eigenvalue weighted by Crippen LogP contribution is 2.29. The van der Waals surface area contributed by atoms with E-state index in [1.54, 1.807) is 25.7 Å². The van der Waals surface area contributed by atoms with Gasteiger partial charge >= 0.3 is 12.1 Å². The summed E-state index contributed by atoms with van der Waals surface area (Å²) >= 11 is 0. The summed E-state index contributed by atoms with van der Waals surface area (Å²) in [5.74, 6) is -3.08. The molecule has 1 saturated heterocycles. The van der Waals surface area contributed by atoms with Gasteiger partial charge in [-0.25, -0.2) is 22.3 Å². The first-order valence-corrected chi connectivity index (χ1v) is 21.4. The van der Waals surface area contributed by atoms with Crippen molar-refractivity contribution in [1.29, 1.82) is 0 Å². The number of fused-ring (bicyclic) bond motifs is 1. The number of likely N-dealkylation sites (N-methyl/N-ethyl adjacent to an activating group) is 1. The fourth-order valence-electron chi connectivity index (χ4n) is 6.67. The van der Waals surface area contributed by atoms with Gasteiger partial charge in [-0.2, -0.15) is 0 Å². The maximum atomic E-state index is 14.6. The molecule has 0 spiro atoms. The molecule has 4 N–H and O–H groups in total. The maximum Gasteiger partial charge on any atom is 0.410 e. The number of carbonyl (C=O) groups is 6. The van der Waals surface area contributed by atoms with Crippen LogP contribution in [0.1, 0.15) is 85.3 Å². The van der Waals surface area contributed by atoms with E-state index in [0.717, 1.165) is 21.7 Å². The normalized spacial score (nSPS) is 18.8. The van der Waals surface area contributed by atoms with Gasteiger partial charge in [0.15, 0.2) is 0 Å². The fourth-order valence-corrected chi connectivity index (χ4v) is 7.09. The van der Waals surface area contributed by atoms with E-state index in [4.69, 9.17) is 4.74 Å². The van der Waals surface area contributed by atoms with Crippen molar-refractivity contribution in [3.8, 4) is 0 Å². The minimum absolute atomic E-state index is 0.0303. The van der Waals surface area contributed by atoms with Crippen LogP contribution < -0.4 is 21.3 Å². The van der Waals surface area contributed by atoms with Gasteiger partial charge in [-0.15, -0.1) is 6.58 Å². The Morgan fingerprint density at radius 2 is 1.65 bits per heavy atom. The number of ether oxygens (including phenoxy) is 1. The Bertz CT molecular complexity index is 1760. The van der Waals surface area contributed by atoms with Crippen LogP contribution in [0.4, 0.5) is 9.59 Å². The lowest BCUT2D eigenvalue weighted by atomic mass is 9.85. The van der Waals surface area contributed by atoms with E-state index in [2.05, 4.69) is 27.8 Å². The third kappa shape index (κ3) is 13.3. The van der Waals surface area contributed by atoms with Crippen LogP contribution in [0.25, 0.3) is 0 Å². The molecule has 1 aromatic rings. The minimum atomic E-state index is -3.57. The Labute approximate surface area is 337 Å². The average molecular weight is 818 g/mol. The second kappa shape index (κ2) is 19.8. The zero-order valence-corrected chi connectivity index (χ0v) is 35.8. The van der Waals surface area contributed by atoms with Gasteiger partial charge in [0.2, 0.25) is 27.6 Å². The summed E-state index contributed by atoms with van der Waals surface area (Å²) in [6.45, 7) is 16.8. The first-order chi connectivity index (χ1) is 26.5. The molecule has 0 radical (unpaired) electrons. The number of carbonyl (C=O) groups excluding carboxylic acids is 6. The minimum Gasteiger partial charge on any atom is -0.444 e. The molecule has 1 aromatic carbocycles. The fraction of sp³-hybridized carbons (Fsp3) is 0.650. The maximum absolute atomic E-state index is 14.6. The summed E-state index contributed by atoms with van der Waals surface area (Å²) in [7, 11) is -2.15. The quantitative estimate of drug-likeness (QED) is 0.143. The van der Waals surface area contributed by atoms with Crippen molar-refractivity contribution >= 4 is 45.7 Å². The van der Waals surface area contributed by atoms with Crippen molar-refractivity contribution in [2.24, 2.45) is 10.8 Å². The van der Waals surface area contributed by atoms with Gasteiger partial charge < -0.3 is 35.8 Å². The molecule has 0 saturated carbocycles. The molecule has 2 aliphatic heterocycles. The number of urea groups is 1. The molecule has 1 fully saturated rings. The number of amides is 6. The van der Waals surface area contributed by atoms with E-state index < -0.39 is 86.8 Å². The number of likely N-dealkylation sites (tertiary alicyclic amines) is 1. The predicted molar refractivity (Wildman–Crippen MR) is 216 cm³/mol. The largest absolute Gasteiger partial charge is 0.444 e. The number of Topliss-reactive ketones (excluding diaryl/α,β-unsaturated/α-hetero) is 1. The summed E-state index contributed by atoms with van der Waals surface area (Å²) in [6, 6.07) is 2.79. The Morgan fingerprint density at radius 3 is 2.23 bits per heavy atom. The number of hydrogen-bond acceptors (Lipinski definition) is 9. The third-order valence-corrected chi connectivity index (χ3v) is 11.6. The number of benzene rings is 1. The second-order valence-corrected chi connectivity index (χ2v) is 19.2. The van der Waals surface area contributed by atoms with E-state index in [1.165, 1.54) is 18.0 Å². The van der Waals surface area contributed by atoms with Crippen LogP contribution in [-0.4, -0.2) is 128 Å². The highest BCUT2D eigenvalue weighted by atomic mass is 32.2. The number of sulfonamides is 1. The van der Waals surface area contributed by atoms with Crippen molar-refractivity contribution < 1.29 is 41.9 Å². The van der Waals surface area contributed by atoms with Gasteiger partial charge in [-0.05, 0) is 34.8 Å². The molecule has 0 aliphatic carbocycles. The SMILES string of the molecule is C=CCNC(=O)C(=O)C(CCCC)NC(=O)C1CC(OC(=O)N2CCc3ccccc3C2)CN1C(=O)C(NC(=O)NC(CN(C)S(C)(=O)=O)C(C)(C)C)C(C)(C)C. The number of ketones is 1. The average Bonchev–Trinajstić information content (AvgIpc) is 3.55. The number of nitrogens with zero attached hydrogens (tertiary/aromatic N) is 3. The van der Waals surface area contributed by atoms with Gasteiger partial charge in [0.1, 0.15) is 18.2 Å². The van der Waals surface area contributed by atoms with Crippen LogP contribution >= 0.6 is 0 Å². The molecule has 318 valence electrons. The number of hydrogen-bond donors (Lipinski definition) is 4. The van der Waals surface area contributed by atoms with Gasteiger partial charge in [-0.3, -0.25) is 19.2 Å². The molecule has 5 atom stereocenters. The van der Waals surface area contributed by atoms with Crippen LogP contribution in [0.3, 0.4) is 0 Å². The highest BCUT2D eigenvalue weighted by molar-refractivity contribution is 7.88. The monoisotopic (exact) mass is 817 g/mol. The highest BCUT2D eigenvalue weighted by Gasteiger charge is 2.47. The van der Waals surface area contributed by atoms with Crippen LogP contribution in [0.5, 0.6) is 0 Å². The summed E-state index contributed by atoms with van der Waals surface area (Å²) in [4.78, 5) is 84.7.